The Labute approximate surface area is 207 Å². The van der Waals surface area contributed by atoms with Gasteiger partial charge in [-0.15, -0.1) is 0 Å². The predicted molar refractivity (Wildman–Crippen MR) is 131 cm³/mol. The Morgan fingerprint density at radius 1 is 0.722 bits per heavy atom. The second-order valence-electron chi connectivity index (χ2n) is 8.81. The van der Waals surface area contributed by atoms with Gasteiger partial charge in [-0.1, -0.05) is 74.0 Å². The van der Waals surface area contributed by atoms with Crippen LogP contribution in [0.4, 0.5) is 17.6 Å². The summed E-state index contributed by atoms with van der Waals surface area (Å²) >= 11 is 0. The molecule has 1 atom stereocenters. The van der Waals surface area contributed by atoms with Crippen LogP contribution in [0.5, 0.6) is 5.75 Å². The van der Waals surface area contributed by atoms with Gasteiger partial charge < -0.3 is 9.47 Å². The number of ether oxygens (including phenoxy) is 2. The minimum atomic E-state index is -0.959. The fourth-order valence-electron chi connectivity index (χ4n) is 4.22. The van der Waals surface area contributed by atoms with Crippen LogP contribution in [-0.2, 0) is 17.8 Å². The average molecular weight is 493 g/mol. The van der Waals surface area contributed by atoms with Crippen molar-refractivity contribution in [3.63, 3.8) is 0 Å². The molecule has 36 heavy (non-hydrogen) atoms. The highest BCUT2D eigenvalue weighted by molar-refractivity contribution is 5.66. The van der Waals surface area contributed by atoms with Crippen molar-refractivity contribution in [2.75, 3.05) is 6.61 Å². The van der Waals surface area contributed by atoms with Crippen LogP contribution >= 0.6 is 0 Å². The molecule has 0 radical (unpaired) electrons. The molecule has 0 aromatic heterocycles. The minimum absolute atomic E-state index is 0.0777. The molecule has 4 aromatic rings. The molecule has 6 heteroatoms. The summed E-state index contributed by atoms with van der Waals surface area (Å²) in [4.78, 5) is 0. The van der Waals surface area contributed by atoms with E-state index in [0.717, 1.165) is 18.4 Å². The van der Waals surface area contributed by atoms with Gasteiger partial charge in [0.05, 0.1) is 6.61 Å². The predicted octanol–water partition coefficient (Wildman–Crippen LogP) is 8.18. The summed E-state index contributed by atoms with van der Waals surface area (Å²) < 4.78 is 69.1. The Morgan fingerprint density at radius 3 is 1.92 bits per heavy atom. The van der Waals surface area contributed by atoms with Crippen molar-refractivity contribution in [3.05, 3.63) is 113 Å². The summed E-state index contributed by atoms with van der Waals surface area (Å²) in [6, 6.07) is 19.8. The molecular formula is C30H24F4O2. The van der Waals surface area contributed by atoms with Gasteiger partial charge in [-0.3, -0.25) is 0 Å². The zero-order valence-electron chi connectivity index (χ0n) is 19.7. The van der Waals surface area contributed by atoms with Crippen molar-refractivity contribution in [2.45, 2.75) is 32.5 Å². The maximum absolute atomic E-state index is 14.8. The van der Waals surface area contributed by atoms with Crippen LogP contribution in [0, 0.1) is 23.3 Å². The lowest BCUT2D eigenvalue weighted by Crippen LogP contribution is -2.02. The van der Waals surface area contributed by atoms with Gasteiger partial charge in [-0.2, -0.15) is 0 Å². The Kier molecular flexibility index (Phi) is 6.79. The minimum Gasteiger partial charge on any atom is -0.489 e. The molecule has 2 nitrogen and oxygen atoms in total. The maximum atomic E-state index is 14.8. The molecule has 1 aliphatic heterocycles. The molecule has 0 N–H and O–H groups in total. The van der Waals surface area contributed by atoms with Gasteiger partial charge in [0.1, 0.15) is 18.5 Å². The van der Waals surface area contributed by atoms with Crippen molar-refractivity contribution in [2.24, 2.45) is 0 Å². The highest BCUT2D eigenvalue weighted by Crippen LogP contribution is 2.36. The van der Waals surface area contributed by atoms with E-state index in [1.165, 1.54) is 18.2 Å². The van der Waals surface area contributed by atoms with Gasteiger partial charge in [-0.25, -0.2) is 17.6 Å². The Bertz CT molecular complexity index is 1380. The van der Waals surface area contributed by atoms with Crippen LogP contribution in [-0.4, -0.2) is 6.61 Å². The van der Waals surface area contributed by atoms with E-state index >= 15 is 0 Å². The van der Waals surface area contributed by atoms with E-state index in [0.29, 0.717) is 23.5 Å². The average Bonchev–Trinajstić information content (AvgIpc) is 3.73. The molecule has 1 heterocycles. The van der Waals surface area contributed by atoms with Crippen LogP contribution in [0.3, 0.4) is 0 Å². The molecule has 0 bridgehead atoms. The van der Waals surface area contributed by atoms with Crippen molar-refractivity contribution >= 4 is 0 Å². The van der Waals surface area contributed by atoms with Gasteiger partial charge in [0.25, 0.3) is 0 Å². The van der Waals surface area contributed by atoms with E-state index in [1.807, 2.05) is 12.1 Å². The molecule has 5 rings (SSSR count). The normalized spacial score (nSPS) is 14.6. The summed E-state index contributed by atoms with van der Waals surface area (Å²) in [6.07, 6.45) is 1.57. The molecule has 0 amide bonds. The zero-order chi connectivity index (χ0) is 25.2. The molecule has 0 spiro atoms. The van der Waals surface area contributed by atoms with Gasteiger partial charge >= 0.3 is 0 Å². The number of hydrogen-bond donors (Lipinski definition) is 0. The molecule has 0 aliphatic carbocycles. The van der Waals surface area contributed by atoms with E-state index < -0.39 is 23.3 Å². The molecule has 1 fully saturated rings. The molecule has 184 valence electrons. The largest absolute Gasteiger partial charge is 0.489 e. The summed E-state index contributed by atoms with van der Waals surface area (Å²) in [5.74, 6) is -3.34. The highest BCUT2D eigenvalue weighted by Gasteiger charge is 2.30. The third kappa shape index (κ3) is 4.86. The second-order valence-corrected chi connectivity index (χ2v) is 8.81. The third-order valence-electron chi connectivity index (χ3n) is 6.32. The first kappa shape index (κ1) is 24.1. The first-order chi connectivity index (χ1) is 17.5. The summed E-state index contributed by atoms with van der Waals surface area (Å²) in [6.45, 7) is 2.29. The Balaban J connectivity index is 1.28. The lowest BCUT2D eigenvalue weighted by atomic mass is 10.00. The SMILES string of the molecule is CCCc1ccc(-c2ccc(COc3ccc(-c4ccc(C5CO5)c(F)c4F)cc3)c(F)c2F)cc1. The van der Waals surface area contributed by atoms with Crippen molar-refractivity contribution in [1.29, 1.82) is 0 Å². The number of rotatable bonds is 8. The summed E-state index contributed by atoms with van der Waals surface area (Å²) in [5, 5.41) is 0. The summed E-state index contributed by atoms with van der Waals surface area (Å²) in [7, 11) is 0. The van der Waals surface area contributed by atoms with Crippen molar-refractivity contribution < 1.29 is 27.0 Å². The molecule has 1 unspecified atom stereocenters. The highest BCUT2D eigenvalue weighted by atomic mass is 19.2. The zero-order valence-corrected chi connectivity index (χ0v) is 19.7. The fraction of sp³-hybridized carbons (Fsp3) is 0.200. The van der Waals surface area contributed by atoms with Crippen LogP contribution < -0.4 is 4.74 Å². The maximum Gasteiger partial charge on any atom is 0.167 e. The third-order valence-corrected chi connectivity index (χ3v) is 6.32. The fourth-order valence-corrected chi connectivity index (χ4v) is 4.22. The van der Waals surface area contributed by atoms with E-state index in [9.17, 15) is 17.6 Å². The molecule has 1 saturated heterocycles. The van der Waals surface area contributed by atoms with Crippen molar-refractivity contribution in [1.82, 2.24) is 0 Å². The van der Waals surface area contributed by atoms with E-state index in [2.05, 4.69) is 6.92 Å². The summed E-state index contributed by atoms with van der Waals surface area (Å²) in [5.41, 5.74) is 2.83. The number of epoxide rings is 1. The number of hydrogen-bond acceptors (Lipinski definition) is 2. The smallest absolute Gasteiger partial charge is 0.167 e. The number of aryl methyl sites for hydroxylation is 1. The Hall–Kier alpha value is -3.64. The van der Waals surface area contributed by atoms with Gasteiger partial charge in [0.15, 0.2) is 23.3 Å². The van der Waals surface area contributed by atoms with Gasteiger partial charge in [-0.05, 0) is 35.2 Å². The van der Waals surface area contributed by atoms with Crippen molar-refractivity contribution in [3.8, 4) is 28.0 Å². The van der Waals surface area contributed by atoms with Gasteiger partial charge in [0.2, 0.25) is 0 Å². The van der Waals surface area contributed by atoms with Crippen LogP contribution in [0.25, 0.3) is 22.3 Å². The van der Waals surface area contributed by atoms with E-state index in [4.69, 9.17) is 9.47 Å². The molecule has 4 aromatic carbocycles. The monoisotopic (exact) mass is 492 g/mol. The lowest BCUT2D eigenvalue weighted by Gasteiger charge is -2.12. The van der Waals surface area contributed by atoms with Crippen LogP contribution in [0.1, 0.15) is 36.1 Å². The second kappa shape index (κ2) is 10.2. The lowest BCUT2D eigenvalue weighted by molar-refractivity contribution is 0.297. The molecule has 1 aliphatic rings. The van der Waals surface area contributed by atoms with Crippen LogP contribution in [0.15, 0.2) is 72.8 Å². The topological polar surface area (TPSA) is 21.8 Å². The first-order valence-corrected chi connectivity index (χ1v) is 11.8. The number of halogens is 4. The van der Waals surface area contributed by atoms with E-state index in [1.54, 1.807) is 42.5 Å². The molecular weight excluding hydrogens is 468 g/mol. The Morgan fingerprint density at radius 2 is 1.31 bits per heavy atom. The first-order valence-electron chi connectivity index (χ1n) is 11.8. The van der Waals surface area contributed by atoms with Gasteiger partial charge in [0, 0.05) is 22.3 Å². The standard InChI is InChI=1S/C30H24F4O2/c1-2-3-18-4-6-19(7-5-18)23-13-10-21(27(31)28(23)32)16-35-22-11-8-20(9-12-22)24-14-15-25(26-17-36-26)30(34)29(24)33/h4-15,26H,2-3,16-17H2,1H3. The quantitative estimate of drug-likeness (QED) is 0.183. The van der Waals surface area contributed by atoms with Crippen LogP contribution in [0.2, 0.25) is 0 Å². The van der Waals surface area contributed by atoms with E-state index in [-0.39, 0.29) is 35.0 Å². The molecule has 0 saturated carbocycles. The number of benzene rings is 4.